The fraction of sp³-hybridized carbons (Fsp3) is 0.0196. The molecule has 0 N–H and O–H groups in total. The van der Waals surface area contributed by atoms with Crippen LogP contribution in [0.4, 0.5) is 0 Å². The smallest absolute Gasteiger partial charge is 0.161 e. The quantitative estimate of drug-likeness (QED) is 0.177. The van der Waals surface area contributed by atoms with Crippen LogP contribution in [0, 0.1) is 0 Å². The lowest BCUT2D eigenvalue weighted by atomic mass is 9.66. The lowest BCUT2D eigenvalue weighted by molar-refractivity contribution is 0.436. The van der Waals surface area contributed by atoms with E-state index in [0.717, 1.165) is 60.9 Å². The molecule has 1 aliphatic heterocycles. The molecule has 1 aliphatic carbocycles. The number of benzene rings is 8. The molecule has 3 aromatic heterocycles. The molecule has 3 nitrogen and oxygen atoms in total. The molecular formula is C51H28N2OS2. The minimum atomic E-state index is -0.557. The van der Waals surface area contributed by atoms with Crippen LogP contribution in [-0.2, 0) is 5.41 Å². The van der Waals surface area contributed by atoms with Crippen molar-refractivity contribution in [1.29, 1.82) is 0 Å². The summed E-state index contributed by atoms with van der Waals surface area (Å²) in [4.78, 5) is 11.0. The molecule has 0 saturated heterocycles. The van der Waals surface area contributed by atoms with Crippen molar-refractivity contribution >= 4 is 73.9 Å². The van der Waals surface area contributed by atoms with Crippen LogP contribution in [0.1, 0.15) is 22.3 Å². The Hall–Kier alpha value is -6.66. The number of thiophene rings is 2. The molecule has 0 fully saturated rings. The lowest BCUT2D eigenvalue weighted by Crippen LogP contribution is -2.32. The highest BCUT2D eigenvalue weighted by Crippen LogP contribution is 2.63. The molecular weight excluding hydrogens is 721 g/mol. The topological polar surface area (TPSA) is 35.0 Å². The maximum absolute atomic E-state index is 6.64. The molecule has 0 radical (unpaired) electrons. The van der Waals surface area contributed by atoms with Gasteiger partial charge in [0, 0.05) is 52.5 Å². The molecule has 0 atom stereocenters. The molecule has 11 aromatic rings. The largest absolute Gasteiger partial charge is 0.457 e. The van der Waals surface area contributed by atoms with Crippen LogP contribution < -0.4 is 4.74 Å². The van der Waals surface area contributed by atoms with E-state index < -0.39 is 5.41 Å². The second-order valence-electron chi connectivity index (χ2n) is 14.8. The van der Waals surface area contributed by atoms with Crippen molar-refractivity contribution in [3.63, 3.8) is 0 Å². The molecule has 0 unspecified atom stereocenters. The van der Waals surface area contributed by atoms with Gasteiger partial charge in [0.2, 0.25) is 0 Å². The number of para-hydroxylation sites is 2. The number of hydrogen-bond donors (Lipinski definition) is 0. The first-order valence-corrected chi connectivity index (χ1v) is 20.5. The molecule has 2 aliphatic rings. The lowest BCUT2D eigenvalue weighted by Gasteiger charge is -2.39. The summed E-state index contributed by atoms with van der Waals surface area (Å²) in [6.45, 7) is 0. The predicted octanol–water partition coefficient (Wildman–Crippen LogP) is 14.2. The second kappa shape index (κ2) is 11.2. The van der Waals surface area contributed by atoms with Gasteiger partial charge >= 0.3 is 0 Å². The summed E-state index contributed by atoms with van der Waals surface area (Å²) < 4.78 is 11.5. The van der Waals surface area contributed by atoms with Gasteiger partial charge < -0.3 is 4.74 Å². The summed E-state index contributed by atoms with van der Waals surface area (Å²) in [5, 5.41) is 6.06. The highest BCUT2D eigenvalue weighted by atomic mass is 32.1. The van der Waals surface area contributed by atoms with Crippen LogP contribution >= 0.6 is 22.7 Å². The Bertz CT molecular complexity index is 3440. The van der Waals surface area contributed by atoms with Crippen molar-refractivity contribution in [2.75, 3.05) is 0 Å². The minimum Gasteiger partial charge on any atom is -0.457 e. The van der Waals surface area contributed by atoms with Crippen molar-refractivity contribution < 1.29 is 4.74 Å². The molecule has 5 heteroatoms. The molecule has 4 heterocycles. The standard InChI is InChI=1S/C51H28N2OS2/c1-2-13-30-28-40-36(26-29(30)12-1)35-27-31(24-25-37(35)51(40)38-17-5-7-19-41(38)54-42-20-8-6-18-39(42)51)47-49-48(33-15-4-10-22-44(33)56-49)53-50(52-47)34-16-11-23-45-46(34)32-14-3-9-21-43(32)55-45/h1-28H. The van der Waals surface area contributed by atoms with E-state index in [1.807, 2.05) is 11.3 Å². The van der Waals surface area contributed by atoms with Gasteiger partial charge in [0.15, 0.2) is 5.82 Å². The van der Waals surface area contributed by atoms with Gasteiger partial charge in [-0.15, -0.1) is 22.7 Å². The first-order chi connectivity index (χ1) is 27.7. The average Bonchev–Trinajstić information content (AvgIpc) is 3.91. The van der Waals surface area contributed by atoms with Gasteiger partial charge in [0.25, 0.3) is 0 Å². The Balaban J connectivity index is 1.13. The van der Waals surface area contributed by atoms with Gasteiger partial charge in [-0.05, 0) is 81.6 Å². The zero-order valence-electron chi connectivity index (χ0n) is 29.8. The molecule has 0 bridgehead atoms. The summed E-state index contributed by atoms with van der Waals surface area (Å²) in [5.74, 6) is 2.54. The maximum Gasteiger partial charge on any atom is 0.161 e. The Morgan fingerprint density at radius 2 is 1.09 bits per heavy atom. The summed E-state index contributed by atoms with van der Waals surface area (Å²) in [6, 6.07) is 61.6. The summed E-state index contributed by atoms with van der Waals surface area (Å²) >= 11 is 3.60. The average molecular weight is 749 g/mol. The summed E-state index contributed by atoms with van der Waals surface area (Å²) in [7, 11) is 0. The number of aromatic nitrogens is 2. The minimum absolute atomic E-state index is 0.557. The van der Waals surface area contributed by atoms with Gasteiger partial charge in [-0.1, -0.05) is 121 Å². The molecule has 56 heavy (non-hydrogen) atoms. The van der Waals surface area contributed by atoms with E-state index in [1.165, 1.54) is 57.9 Å². The van der Waals surface area contributed by atoms with Crippen LogP contribution in [-0.4, -0.2) is 9.97 Å². The van der Waals surface area contributed by atoms with Crippen molar-refractivity contribution in [3.8, 4) is 45.3 Å². The van der Waals surface area contributed by atoms with Crippen LogP contribution in [0.15, 0.2) is 170 Å². The molecule has 8 aromatic carbocycles. The predicted molar refractivity (Wildman–Crippen MR) is 234 cm³/mol. The second-order valence-corrected chi connectivity index (χ2v) is 16.9. The van der Waals surface area contributed by atoms with Crippen LogP contribution in [0.5, 0.6) is 11.5 Å². The van der Waals surface area contributed by atoms with Crippen LogP contribution in [0.3, 0.4) is 0 Å². The molecule has 0 amide bonds. The monoisotopic (exact) mass is 748 g/mol. The SMILES string of the molecule is c1ccc2c(c1)Oc1ccccc1C21c2ccc(-c3nc(-c4cccc5sc6ccccc6c45)nc4c3sc3ccccc34)cc2-c2cc3ccccc3cc21. The van der Waals surface area contributed by atoms with Crippen LogP contribution in [0.2, 0.25) is 0 Å². The first-order valence-electron chi connectivity index (χ1n) is 18.9. The van der Waals surface area contributed by atoms with E-state index in [-0.39, 0.29) is 0 Å². The van der Waals surface area contributed by atoms with E-state index in [2.05, 4.69) is 170 Å². The van der Waals surface area contributed by atoms with Crippen molar-refractivity contribution in [2.24, 2.45) is 0 Å². The number of fused-ring (bicyclic) bond motifs is 16. The maximum atomic E-state index is 6.64. The number of ether oxygens (including phenoxy) is 1. The molecule has 260 valence electrons. The highest BCUT2D eigenvalue weighted by Gasteiger charge is 2.51. The van der Waals surface area contributed by atoms with Crippen molar-refractivity contribution in [1.82, 2.24) is 9.97 Å². The van der Waals surface area contributed by atoms with Crippen molar-refractivity contribution in [2.45, 2.75) is 5.41 Å². The highest BCUT2D eigenvalue weighted by molar-refractivity contribution is 7.26. The third kappa shape index (κ3) is 4.00. The Morgan fingerprint density at radius 1 is 0.446 bits per heavy atom. The van der Waals surface area contributed by atoms with E-state index in [0.29, 0.717) is 0 Å². The van der Waals surface area contributed by atoms with E-state index in [4.69, 9.17) is 14.7 Å². The van der Waals surface area contributed by atoms with Crippen molar-refractivity contribution in [3.05, 3.63) is 192 Å². The van der Waals surface area contributed by atoms with Gasteiger partial charge in [0.1, 0.15) is 11.5 Å². The fourth-order valence-corrected chi connectivity index (χ4v) is 11.9. The van der Waals surface area contributed by atoms with Gasteiger partial charge in [-0.3, -0.25) is 0 Å². The third-order valence-electron chi connectivity index (χ3n) is 11.9. The summed E-state index contributed by atoms with van der Waals surface area (Å²) in [5.41, 5.74) is 10.9. The Labute approximate surface area is 329 Å². The number of hydrogen-bond acceptors (Lipinski definition) is 5. The third-order valence-corrected chi connectivity index (χ3v) is 14.2. The number of nitrogens with zero attached hydrogens (tertiary/aromatic N) is 2. The molecule has 1 spiro atoms. The van der Waals surface area contributed by atoms with Gasteiger partial charge in [-0.25, -0.2) is 9.97 Å². The van der Waals surface area contributed by atoms with E-state index >= 15 is 0 Å². The zero-order valence-corrected chi connectivity index (χ0v) is 31.4. The van der Waals surface area contributed by atoms with Gasteiger partial charge in [-0.2, -0.15) is 0 Å². The number of rotatable bonds is 2. The zero-order chi connectivity index (χ0) is 36.5. The van der Waals surface area contributed by atoms with E-state index in [9.17, 15) is 0 Å². The molecule has 13 rings (SSSR count). The molecule has 0 saturated carbocycles. The van der Waals surface area contributed by atoms with Gasteiger partial charge in [0.05, 0.1) is 21.3 Å². The Morgan fingerprint density at radius 3 is 1.89 bits per heavy atom. The Kier molecular flexibility index (Phi) is 6.13. The fourth-order valence-electron chi connectivity index (χ4n) is 9.60. The van der Waals surface area contributed by atoms with E-state index in [1.54, 1.807) is 11.3 Å². The summed E-state index contributed by atoms with van der Waals surface area (Å²) in [6.07, 6.45) is 0. The first kappa shape index (κ1) is 30.6. The van der Waals surface area contributed by atoms with Crippen LogP contribution in [0.25, 0.3) is 85.0 Å². The normalized spacial score (nSPS) is 13.6.